The van der Waals surface area contributed by atoms with E-state index in [0.717, 1.165) is 33.2 Å². The van der Waals surface area contributed by atoms with Gasteiger partial charge in [0.15, 0.2) is 11.5 Å². The Balaban J connectivity index is 1.84. The van der Waals surface area contributed by atoms with Crippen LogP contribution in [0.4, 0.5) is 5.69 Å². The zero-order valence-corrected chi connectivity index (χ0v) is 21.8. The molecule has 1 unspecified atom stereocenters. The highest BCUT2D eigenvalue weighted by Gasteiger charge is 2.36. The minimum Gasteiger partial charge on any atom is -0.493 e. The number of allylic oxidation sites excluding steroid dienone is 1. The SMILES string of the molecule is C=C1C(c2ccc(OC)c(OC)c2)=CN(C(=O)c2ccc(N(C)C)c3ccccc23)C1N(C)/C=C\C. The molecule has 6 nitrogen and oxygen atoms in total. The van der Waals surface area contributed by atoms with E-state index < -0.39 is 0 Å². The molecule has 1 aliphatic heterocycles. The number of carbonyl (C=O) groups excluding carboxylic acids is 1. The van der Waals surface area contributed by atoms with Crippen LogP contribution < -0.4 is 14.4 Å². The molecule has 1 heterocycles. The highest BCUT2D eigenvalue weighted by Crippen LogP contribution is 2.40. The quantitative estimate of drug-likeness (QED) is 0.427. The fraction of sp³-hybridized carbons (Fsp3) is 0.233. The number of hydrogen-bond donors (Lipinski definition) is 0. The third kappa shape index (κ3) is 4.31. The lowest BCUT2D eigenvalue weighted by Crippen LogP contribution is -2.43. The maximum atomic E-state index is 14.1. The first kappa shape index (κ1) is 24.9. The Morgan fingerprint density at radius 2 is 1.67 bits per heavy atom. The lowest BCUT2D eigenvalue weighted by atomic mass is 9.99. The van der Waals surface area contributed by atoms with Crippen molar-refractivity contribution >= 4 is 27.9 Å². The van der Waals surface area contributed by atoms with Crippen molar-refractivity contribution in [3.8, 4) is 11.5 Å². The Morgan fingerprint density at radius 3 is 2.31 bits per heavy atom. The maximum Gasteiger partial charge on any atom is 0.260 e. The number of anilines is 1. The Hall–Kier alpha value is -4.19. The van der Waals surface area contributed by atoms with E-state index in [-0.39, 0.29) is 12.1 Å². The summed E-state index contributed by atoms with van der Waals surface area (Å²) in [7, 11) is 9.19. The van der Waals surface area contributed by atoms with Crippen molar-refractivity contribution in [2.24, 2.45) is 0 Å². The third-order valence-corrected chi connectivity index (χ3v) is 6.50. The summed E-state index contributed by atoms with van der Waals surface area (Å²) in [5.74, 6) is 1.18. The molecule has 0 saturated carbocycles. The molecular formula is C30H33N3O3. The van der Waals surface area contributed by atoms with E-state index in [1.54, 1.807) is 19.1 Å². The Kier molecular flexibility index (Phi) is 7.06. The molecule has 0 bridgehead atoms. The average molecular weight is 484 g/mol. The van der Waals surface area contributed by atoms with Crippen molar-refractivity contribution in [3.05, 3.63) is 96.4 Å². The summed E-state index contributed by atoms with van der Waals surface area (Å²) >= 11 is 0. The summed E-state index contributed by atoms with van der Waals surface area (Å²) in [4.78, 5) is 20.0. The van der Waals surface area contributed by atoms with Crippen LogP contribution in [0.1, 0.15) is 22.8 Å². The molecule has 0 saturated heterocycles. The third-order valence-electron chi connectivity index (χ3n) is 6.50. The summed E-state index contributed by atoms with van der Waals surface area (Å²) in [5, 5.41) is 1.95. The number of nitrogens with zero attached hydrogens (tertiary/aromatic N) is 3. The second-order valence-electron chi connectivity index (χ2n) is 8.94. The molecule has 0 aromatic heterocycles. The number of hydrogen-bond acceptors (Lipinski definition) is 5. The van der Waals surface area contributed by atoms with Crippen LogP contribution in [-0.2, 0) is 0 Å². The van der Waals surface area contributed by atoms with Gasteiger partial charge in [0.05, 0.1) is 14.2 Å². The van der Waals surface area contributed by atoms with Crippen LogP contribution in [0.25, 0.3) is 16.3 Å². The van der Waals surface area contributed by atoms with Gasteiger partial charge in [-0.25, -0.2) is 0 Å². The molecule has 6 heteroatoms. The van der Waals surface area contributed by atoms with Crippen molar-refractivity contribution < 1.29 is 14.3 Å². The van der Waals surface area contributed by atoms with E-state index in [9.17, 15) is 4.79 Å². The van der Waals surface area contributed by atoms with E-state index in [0.29, 0.717) is 17.1 Å². The van der Waals surface area contributed by atoms with Crippen molar-refractivity contribution in [1.29, 1.82) is 0 Å². The van der Waals surface area contributed by atoms with Crippen molar-refractivity contribution in [2.75, 3.05) is 40.3 Å². The second-order valence-corrected chi connectivity index (χ2v) is 8.94. The molecule has 1 atom stereocenters. The molecule has 3 aromatic rings. The molecule has 4 rings (SSSR count). The van der Waals surface area contributed by atoms with Gasteiger partial charge in [-0.15, -0.1) is 0 Å². The van der Waals surface area contributed by atoms with Crippen LogP contribution in [0.15, 0.2) is 85.2 Å². The van der Waals surface area contributed by atoms with Gasteiger partial charge in [0.2, 0.25) is 0 Å². The van der Waals surface area contributed by atoms with E-state index in [1.807, 2.05) is 100.0 Å². The number of rotatable bonds is 7. The fourth-order valence-electron chi connectivity index (χ4n) is 4.79. The lowest BCUT2D eigenvalue weighted by Gasteiger charge is -2.32. The highest BCUT2D eigenvalue weighted by atomic mass is 16.5. The van der Waals surface area contributed by atoms with Gasteiger partial charge in [-0.1, -0.05) is 43.0 Å². The normalized spacial score (nSPS) is 15.4. The number of fused-ring (bicyclic) bond motifs is 1. The van der Waals surface area contributed by atoms with Gasteiger partial charge in [0.1, 0.15) is 6.17 Å². The lowest BCUT2D eigenvalue weighted by molar-refractivity contribution is 0.0717. The van der Waals surface area contributed by atoms with E-state index >= 15 is 0 Å². The molecule has 0 N–H and O–H groups in total. The molecule has 0 spiro atoms. The molecule has 0 aliphatic carbocycles. The van der Waals surface area contributed by atoms with Gasteiger partial charge < -0.3 is 19.3 Å². The summed E-state index contributed by atoms with van der Waals surface area (Å²) in [6, 6.07) is 17.7. The smallest absolute Gasteiger partial charge is 0.260 e. The van der Waals surface area contributed by atoms with Crippen molar-refractivity contribution in [2.45, 2.75) is 13.1 Å². The molecule has 1 aliphatic rings. The molecule has 186 valence electrons. The van der Waals surface area contributed by atoms with E-state index in [4.69, 9.17) is 9.47 Å². The van der Waals surface area contributed by atoms with Gasteiger partial charge in [0, 0.05) is 49.6 Å². The summed E-state index contributed by atoms with van der Waals surface area (Å²) in [6.07, 6.45) is 5.43. The van der Waals surface area contributed by atoms with Crippen LogP contribution in [-0.4, -0.2) is 57.2 Å². The van der Waals surface area contributed by atoms with Gasteiger partial charge in [-0.05, 0) is 53.9 Å². The van der Waals surface area contributed by atoms with E-state index in [2.05, 4.69) is 17.5 Å². The monoisotopic (exact) mass is 483 g/mol. The standard InChI is InChI=1S/C30H33N3O3/c1-8-17-32(5)29-20(2)25(21-13-16-27(35-6)28(18-21)36-7)19-33(29)30(34)24-14-15-26(31(3)4)23-12-10-9-11-22(23)24/h8-19,29H,2H2,1,3-7H3/b17-8-. The predicted octanol–water partition coefficient (Wildman–Crippen LogP) is 5.77. The number of carbonyl (C=O) groups is 1. The van der Waals surface area contributed by atoms with Crippen LogP contribution in [0.3, 0.4) is 0 Å². The first-order valence-electron chi connectivity index (χ1n) is 11.8. The topological polar surface area (TPSA) is 45.3 Å². The zero-order chi connectivity index (χ0) is 26.0. The summed E-state index contributed by atoms with van der Waals surface area (Å²) < 4.78 is 10.9. The molecule has 36 heavy (non-hydrogen) atoms. The number of likely N-dealkylation sites (N-methyl/N-ethyl adjacent to an activating group) is 1. The number of ether oxygens (including phenoxy) is 2. The van der Waals surface area contributed by atoms with Crippen LogP contribution in [0.2, 0.25) is 0 Å². The van der Waals surface area contributed by atoms with Gasteiger partial charge >= 0.3 is 0 Å². The molecule has 3 aromatic carbocycles. The first-order chi connectivity index (χ1) is 17.3. The largest absolute Gasteiger partial charge is 0.493 e. The minimum atomic E-state index is -0.371. The van der Waals surface area contributed by atoms with Crippen molar-refractivity contribution in [1.82, 2.24) is 9.80 Å². The second kappa shape index (κ2) is 10.2. The van der Waals surface area contributed by atoms with Crippen molar-refractivity contribution in [3.63, 3.8) is 0 Å². The summed E-state index contributed by atoms with van der Waals surface area (Å²) in [6.45, 7) is 6.36. The molecular weight excluding hydrogens is 450 g/mol. The van der Waals surface area contributed by atoms with Gasteiger partial charge in [0.25, 0.3) is 5.91 Å². The molecule has 0 fully saturated rings. The number of amides is 1. The number of methoxy groups -OCH3 is 2. The van der Waals surface area contributed by atoms with Crippen LogP contribution in [0, 0.1) is 0 Å². The molecule has 1 amide bonds. The first-order valence-corrected chi connectivity index (χ1v) is 11.8. The van der Waals surface area contributed by atoms with Crippen LogP contribution in [0.5, 0.6) is 11.5 Å². The Labute approximate surface area is 213 Å². The Morgan fingerprint density at radius 1 is 0.972 bits per heavy atom. The zero-order valence-electron chi connectivity index (χ0n) is 21.8. The fourth-order valence-corrected chi connectivity index (χ4v) is 4.79. The molecule has 0 radical (unpaired) electrons. The maximum absolute atomic E-state index is 14.1. The van der Waals surface area contributed by atoms with Gasteiger partial charge in [-0.3, -0.25) is 9.69 Å². The summed E-state index contributed by atoms with van der Waals surface area (Å²) in [5.41, 5.74) is 4.31. The van der Waals surface area contributed by atoms with Gasteiger partial charge in [-0.2, -0.15) is 0 Å². The Bertz CT molecular complexity index is 1370. The predicted molar refractivity (Wildman–Crippen MR) is 147 cm³/mol. The average Bonchev–Trinajstić information content (AvgIpc) is 3.24. The van der Waals surface area contributed by atoms with E-state index in [1.165, 1.54) is 0 Å². The number of benzene rings is 3. The van der Waals surface area contributed by atoms with Crippen LogP contribution >= 0.6 is 0 Å². The highest BCUT2D eigenvalue weighted by molar-refractivity contribution is 6.11. The minimum absolute atomic E-state index is 0.0884.